The van der Waals surface area contributed by atoms with E-state index in [4.69, 9.17) is 4.74 Å². The molecule has 0 radical (unpaired) electrons. The van der Waals surface area contributed by atoms with Crippen LogP contribution < -0.4 is 10.1 Å². The highest BCUT2D eigenvalue weighted by Crippen LogP contribution is 2.22. The second kappa shape index (κ2) is 12.0. The van der Waals surface area contributed by atoms with Crippen LogP contribution in [0.5, 0.6) is 5.75 Å². The monoisotopic (exact) mass is 493 g/mol. The molecule has 0 bridgehead atoms. The third-order valence-corrected chi connectivity index (χ3v) is 6.25. The Hall–Kier alpha value is -4.38. The largest absolute Gasteiger partial charge is 0.489 e. The molecule has 0 saturated heterocycles. The van der Waals surface area contributed by atoms with Crippen molar-refractivity contribution < 1.29 is 19.4 Å². The normalized spacial score (nSPS) is 11.6. The molecule has 4 aromatic rings. The molecule has 4 aromatic carbocycles. The van der Waals surface area contributed by atoms with Gasteiger partial charge in [0.05, 0.1) is 0 Å². The van der Waals surface area contributed by atoms with Crippen LogP contribution in [0.15, 0.2) is 103 Å². The van der Waals surface area contributed by atoms with Gasteiger partial charge in [0.2, 0.25) is 0 Å². The van der Waals surface area contributed by atoms with Gasteiger partial charge in [-0.05, 0) is 46.9 Å². The van der Waals surface area contributed by atoms with Crippen LogP contribution in [0.2, 0.25) is 0 Å². The van der Waals surface area contributed by atoms with E-state index in [2.05, 4.69) is 43.4 Å². The number of carbonyl (C=O) groups is 2. The summed E-state index contributed by atoms with van der Waals surface area (Å²) in [6, 6.07) is 30.9. The number of aliphatic carboxylic acids is 1. The van der Waals surface area contributed by atoms with Gasteiger partial charge < -0.3 is 15.2 Å². The third-order valence-electron chi connectivity index (χ3n) is 6.25. The summed E-state index contributed by atoms with van der Waals surface area (Å²) in [5.74, 6) is 0.0557. The summed E-state index contributed by atoms with van der Waals surface area (Å²) in [4.78, 5) is 25.1. The van der Waals surface area contributed by atoms with Crippen LogP contribution in [0.1, 0.15) is 52.4 Å². The molecular weight excluding hydrogens is 462 g/mol. The van der Waals surface area contributed by atoms with Gasteiger partial charge in [-0.15, -0.1) is 0 Å². The van der Waals surface area contributed by atoms with Gasteiger partial charge in [0.25, 0.3) is 0 Å². The number of benzene rings is 4. The van der Waals surface area contributed by atoms with Crippen molar-refractivity contribution in [3.05, 3.63) is 131 Å². The predicted molar refractivity (Wildman–Crippen MR) is 146 cm³/mol. The number of ether oxygens (including phenoxy) is 1. The Morgan fingerprint density at radius 3 is 2.05 bits per heavy atom. The van der Waals surface area contributed by atoms with Crippen molar-refractivity contribution in [1.29, 1.82) is 0 Å². The van der Waals surface area contributed by atoms with E-state index in [0.29, 0.717) is 29.3 Å². The number of carbonyl (C=O) groups excluding carboxylic acids is 1. The lowest BCUT2D eigenvalue weighted by molar-refractivity contribution is -0.137. The number of carboxylic acids is 1. The van der Waals surface area contributed by atoms with E-state index >= 15 is 0 Å². The van der Waals surface area contributed by atoms with Crippen LogP contribution in [0.3, 0.4) is 0 Å². The summed E-state index contributed by atoms with van der Waals surface area (Å²) in [6.07, 6.45) is 0.250. The van der Waals surface area contributed by atoms with E-state index < -0.39 is 12.0 Å². The minimum absolute atomic E-state index is 0.159. The summed E-state index contributed by atoms with van der Waals surface area (Å²) >= 11 is 0. The molecule has 2 N–H and O–H groups in total. The number of nitrogens with one attached hydrogen (secondary N) is 1. The Morgan fingerprint density at radius 2 is 1.41 bits per heavy atom. The predicted octanol–water partition coefficient (Wildman–Crippen LogP) is 6.73. The fourth-order valence-corrected chi connectivity index (χ4v) is 4.06. The van der Waals surface area contributed by atoms with Crippen LogP contribution in [-0.4, -0.2) is 22.9 Å². The second-order valence-corrected chi connectivity index (χ2v) is 9.31. The van der Waals surface area contributed by atoms with Crippen molar-refractivity contribution in [2.75, 3.05) is 5.32 Å². The first-order valence-electron chi connectivity index (χ1n) is 12.4. The van der Waals surface area contributed by atoms with Crippen LogP contribution in [-0.2, 0) is 17.8 Å². The molecule has 0 aromatic heterocycles. The number of anilines is 1. The smallest absolute Gasteiger partial charge is 0.326 e. The summed E-state index contributed by atoms with van der Waals surface area (Å²) in [7, 11) is 0. The maximum Gasteiger partial charge on any atom is 0.326 e. The Balaban J connectivity index is 1.41. The molecule has 0 amide bonds. The number of hydrogen-bond acceptors (Lipinski definition) is 4. The first-order valence-corrected chi connectivity index (χ1v) is 12.4. The van der Waals surface area contributed by atoms with Crippen molar-refractivity contribution in [2.45, 2.75) is 38.8 Å². The van der Waals surface area contributed by atoms with Gasteiger partial charge in [-0.2, -0.15) is 0 Å². The van der Waals surface area contributed by atoms with Crippen LogP contribution in [0, 0.1) is 0 Å². The van der Waals surface area contributed by atoms with Gasteiger partial charge in [0.15, 0.2) is 5.78 Å². The quantitative estimate of drug-likeness (QED) is 0.227. The molecule has 0 unspecified atom stereocenters. The average Bonchev–Trinajstić information content (AvgIpc) is 2.93. The topological polar surface area (TPSA) is 75.6 Å². The number of carboxylic acid groups (broad SMARTS) is 1. The molecule has 4 rings (SSSR count). The zero-order valence-corrected chi connectivity index (χ0v) is 21.1. The van der Waals surface area contributed by atoms with Gasteiger partial charge in [0.1, 0.15) is 18.4 Å². The number of hydrogen-bond donors (Lipinski definition) is 2. The minimum Gasteiger partial charge on any atom is -0.489 e. The molecule has 0 aliphatic heterocycles. The van der Waals surface area contributed by atoms with Crippen LogP contribution in [0.4, 0.5) is 5.69 Å². The van der Waals surface area contributed by atoms with Gasteiger partial charge in [0, 0.05) is 23.2 Å². The molecule has 1 atom stereocenters. The van der Waals surface area contributed by atoms with Crippen molar-refractivity contribution in [2.24, 2.45) is 0 Å². The second-order valence-electron chi connectivity index (χ2n) is 9.31. The zero-order chi connectivity index (χ0) is 26.2. The molecule has 0 saturated carbocycles. The minimum atomic E-state index is -0.993. The maximum atomic E-state index is 13.0. The Bertz CT molecular complexity index is 1330. The van der Waals surface area contributed by atoms with Crippen molar-refractivity contribution in [3.63, 3.8) is 0 Å². The Morgan fingerprint density at radius 1 is 0.784 bits per heavy atom. The van der Waals surface area contributed by atoms with E-state index in [1.807, 2.05) is 30.3 Å². The van der Waals surface area contributed by atoms with E-state index in [1.54, 1.807) is 48.5 Å². The van der Waals surface area contributed by atoms with Gasteiger partial charge >= 0.3 is 5.97 Å². The molecule has 0 aliphatic rings. The van der Waals surface area contributed by atoms with E-state index in [9.17, 15) is 14.7 Å². The molecule has 0 heterocycles. The fraction of sp³-hybridized carbons (Fsp3) is 0.188. The lowest BCUT2D eigenvalue weighted by atomic mass is 10.00. The third kappa shape index (κ3) is 6.85. The van der Waals surface area contributed by atoms with Gasteiger partial charge in [-0.1, -0.05) is 92.7 Å². The summed E-state index contributed by atoms with van der Waals surface area (Å²) in [5, 5.41) is 13.0. The van der Waals surface area contributed by atoms with Crippen LogP contribution in [0.25, 0.3) is 0 Å². The Kier molecular flexibility index (Phi) is 8.37. The highest BCUT2D eigenvalue weighted by molar-refractivity contribution is 6.12. The summed E-state index contributed by atoms with van der Waals surface area (Å²) in [6.45, 7) is 4.80. The lowest BCUT2D eigenvalue weighted by Crippen LogP contribution is -2.32. The van der Waals surface area contributed by atoms with Gasteiger partial charge in [-0.25, -0.2) is 4.79 Å². The van der Waals surface area contributed by atoms with Crippen LogP contribution >= 0.6 is 0 Å². The van der Waals surface area contributed by atoms with Crippen molar-refractivity contribution >= 4 is 17.4 Å². The Labute approximate surface area is 217 Å². The molecule has 5 nitrogen and oxygen atoms in total. The molecule has 37 heavy (non-hydrogen) atoms. The number of para-hydroxylation sites is 1. The molecule has 0 fully saturated rings. The number of ketones is 1. The van der Waals surface area contributed by atoms with E-state index in [0.717, 1.165) is 16.9 Å². The first-order chi connectivity index (χ1) is 17.9. The number of rotatable bonds is 11. The standard InChI is InChI=1S/C32H31NO4/c1-22(2)25-16-12-24(13-17-25)21-37-27-18-14-23(15-19-27)20-30(32(35)36)33-29-11-7-6-10-28(29)31(34)26-8-4-3-5-9-26/h3-19,22,30,33H,20-21H2,1-2H3,(H,35,36)/t30-/m0/s1. The lowest BCUT2D eigenvalue weighted by Gasteiger charge is -2.18. The molecule has 5 heteroatoms. The highest BCUT2D eigenvalue weighted by atomic mass is 16.5. The molecule has 188 valence electrons. The summed E-state index contributed by atoms with van der Waals surface area (Å²) < 4.78 is 5.91. The SMILES string of the molecule is CC(C)c1ccc(COc2ccc(C[C@H](Nc3ccccc3C(=O)c3ccccc3)C(=O)O)cc2)cc1. The van der Waals surface area contributed by atoms with E-state index in [1.165, 1.54) is 5.56 Å². The average molecular weight is 494 g/mol. The van der Waals surface area contributed by atoms with E-state index in [-0.39, 0.29) is 12.2 Å². The van der Waals surface area contributed by atoms with Crippen molar-refractivity contribution in [1.82, 2.24) is 0 Å². The fourth-order valence-electron chi connectivity index (χ4n) is 4.06. The molecule has 0 spiro atoms. The summed E-state index contributed by atoms with van der Waals surface area (Å²) in [5.41, 5.74) is 4.71. The highest BCUT2D eigenvalue weighted by Gasteiger charge is 2.21. The maximum absolute atomic E-state index is 13.0. The zero-order valence-electron chi connectivity index (χ0n) is 21.1. The molecule has 0 aliphatic carbocycles. The first kappa shape index (κ1) is 25.7. The van der Waals surface area contributed by atoms with Crippen molar-refractivity contribution in [3.8, 4) is 5.75 Å². The van der Waals surface area contributed by atoms with Gasteiger partial charge in [-0.3, -0.25) is 4.79 Å². The molecular formula is C32H31NO4.